The van der Waals surface area contributed by atoms with Gasteiger partial charge in [-0.05, 0) is 70.1 Å². The van der Waals surface area contributed by atoms with Gasteiger partial charge < -0.3 is 5.32 Å². The molecule has 3 aromatic rings. The summed E-state index contributed by atoms with van der Waals surface area (Å²) in [5, 5.41) is 3.61. The second-order valence-electron chi connectivity index (χ2n) is 4.78. The zero-order valence-electron chi connectivity index (χ0n) is 11.4. The Morgan fingerprint density at radius 2 is 1.38 bits per heavy atom. The Hall–Kier alpha value is -1.88. The van der Waals surface area contributed by atoms with Crippen molar-refractivity contribution in [3.05, 3.63) is 93.8 Å². The molecule has 1 N–H and O–H groups in total. The van der Waals surface area contributed by atoms with Gasteiger partial charge in [0.25, 0.3) is 0 Å². The Bertz CT molecular complexity index is 642. The second kappa shape index (κ2) is 6.72. The maximum absolute atomic E-state index is 4.11. The summed E-state index contributed by atoms with van der Waals surface area (Å²) < 4.78 is 1.23. The largest absolute Gasteiger partial charge is 0.374 e. The van der Waals surface area contributed by atoms with Crippen LogP contribution in [0.5, 0.6) is 0 Å². The zero-order valence-corrected chi connectivity index (χ0v) is 13.6. The van der Waals surface area contributed by atoms with Gasteiger partial charge in [0.1, 0.15) is 0 Å². The standard InChI is InChI=1S/C18H15IN2/c19-16-6-8-17(9-7-16)21-18(14-4-2-1-3-5-14)15-10-12-20-13-11-15/h1-13,18,21H. The van der Waals surface area contributed by atoms with Crippen LogP contribution in [0.1, 0.15) is 17.2 Å². The molecule has 0 aliphatic heterocycles. The van der Waals surface area contributed by atoms with Crippen molar-refractivity contribution in [2.75, 3.05) is 5.32 Å². The van der Waals surface area contributed by atoms with Crippen LogP contribution in [0.25, 0.3) is 0 Å². The molecular formula is C18H15IN2. The van der Waals surface area contributed by atoms with Crippen molar-refractivity contribution < 1.29 is 0 Å². The maximum atomic E-state index is 4.11. The highest BCUT2D eigenvalue weighted by molar-refractivity contribution is 14.1. The van der Waals surface area contributed by atoms with E-state index in [1.165, 1.54) is 14.7 Å². The van der Waals surface area contributed by atoms with Gasteiger partial charge in [0, 0.05) is 21.7 Å². The van der Waals surface area contributed by atoms with Gasteiger partial charge >= 0.3 is 0 Å². The molecule has 0 spiro atoms. The first-order valence-electron chi connectivity index (χ1n) is 6.80. The number of aromatic nitrogens is 1. The minimum atomic E-state index is 0.120. The van der Waals surface area contributed by atoms with Gasteiger partial charge in [-0.25, -0.2) is 0 Å². The summed E-state index contributed by atoms with van der Waals surface area (Å²) >= 11 is 2.32. The Morgan fingerprint density at radius 3 is 2.05 bits per heavy atom. The van der Waals surface area contributed by atoms with E-state index in [0.717, 1.165) is 5.69 Å². The van der Waals surface area contributed by atoms with Gasteiger partial charge in [-0.1, -0.05) is 30.3 Å². The molecule has 2 nitrogen and oxygen atoms in total. The third kappa shape index (κ3) is 3.61. The fourth-order valence-electron chi connectivity index (χ4n) is 2.27. The van der Waals surface area contributed by atoms with Gasteiger partial charge in [0.05, 0.1) is 6.04 Å². The number of nitrogens with zero attached hydrogens (tertiary/aromatic N) is 1. The van der Waals surface area contributed by atoms with Gasteiger partial charge in [-0.2, -0.15) is 0 Å². The molecule has 3 heteroatoms. The molecule has 1 atom stereocenters. The highest BCUT2D eigenvalue weighted by Gasteiger charge is 2.13. The number of hydrogen-bond donors (Lipinski definition) is 1. The summed E-state index contributed by atoms with van der Waals surface area (Å²) in [6.07, 6.45) is 3.67. The molecule has 2 aromatic carbocycles. The summed E-state index contributed by atoms with van der Waals surface area (Å²) in [6.45, 7) is 0. The van der Waals surface area contributed by atoms with Crippen molar-refractivity contribution in [3.8, 4) is 0 Å². The van der Waals surface area contributed by atoms with E-state index in [9.17, 15) is 0 Å². The summed E-state index contributed by atoms with van der Waals surface area (Å²) in [5.41, 5.74) is 3.55. The molecule has 0 radical (unpaired) electrons. The lowest BCUT2D eigenvalue weighted by molar-refractivity contribution is 0.934. The monoisotopic (exact) mass is 386 g/mol. The minimum Gasteiger partial charge on any atom is -0.374 e. The molecule has 0 bridgehead atoms. The van der Waals surface area contributed by atoms with E-state index in [1.54, 1.807) is 0 Å². The van der Waals surface area contributed by atoms with Crippen molar-refractivity contribution in [1.29, 1.82) is 0 Å². The van der Waals surface area contributed by atoms with E-state index in [-0.39, 0.29) is 6.04 Å². The molecule has 0 amide bonds. The van der Waals surface area contributed by atoms with Crippen LogP contribution in [0.15, 0.2) is 79.1 Å². The summed E-state index contributed by atoms with van der Waals surface area (Å²) in [6, 6.07) is 23.1. The predicted molar refractivity (Wildman–Crippen MR) is 95.3 cm³/mol. The number of anilines is 1. The molecule has 0 aliphatic rings. The van der Waals surface area contributed by atoms with Crippen LogP contribution in [0, 0.1) is 3.57 Å². The molecule has 1 heterocycles. The van der Waals surface area contributed by atoms with E-state index in [4.69, 9.17) is 0 Å². The highest BCUT2D eigenvalue weighted by atomic mass is 127. The lowest BCUT2D eigenvalue weighted by atomic mass is 9.99. The molecule has 3 rings (SSSR count). The van der Waals surface area contributed by atoms with Gasteiger partial charge in [0.2, 0.25) is 0 Å². The number of rotatable bonds is 4. The fraction of sp³-hybridized carbons (Fsp3) is 0.0556. The van der Waals surface area contributed by atoms with Crippen LogP contribution in [-0.2, 0) is 0 Å². The van der Waals surface area contributed by atoms with Crippen molar-refractivity contribution in [1.82, 2.24) is 4.98 Å². The van der Waals surface area contributed by atoms with Crippen molar-refractivity contribution in [3.63, 3.8) is 0 Å². The molecule has 1 unspecified atom stereocenters. The quantitative estimate of drug-likeness (QED) is 0.646. The van der Waals surface area contributed by atoms with Crippen LogP contribution in [-0.4, -0.2) is 4.98 Å². The molecule has 0 saturated carbocycles. The molecule has 104 valence electrons. The smallest absolute Gasteiger partial charge is 0.0768 e. The molecule has 0 aliphatic carbocycles. The van der Waals surface area contributed by atoms with Gasteiger partial charge in [-0.15, -0.1) is 0 Å². The van der Waals surface area contributed by atoms with E-state index in [2.05, 4.69) is 93.6 Å². The first-order valence-corrected chi connectivity index (χ1v) is 7.88. The Balaban J connectivity index is 1.95. The summed E-state index contributed by atoms with van der Waals surface area (Å²) in [4.78, 5) is 4.11. The molecule has 1 aromatic heterocycles. The van der Waals surface area contributed by atoms with Gasteiger partial charge in [-0.3, -0.25) is 4.98 Å². The highest BCUT2D eigenvalue weighted by Crippen LogP contribution is 2.26. The molecule has 0 fully saturated rings. The lowest BCUT2D eigenvalue weighted by Crippen LogP contribution is -2.12. The Kier molecular flexibility index (Phi) is 4.50. The fourth-order valence-corrected chi connectivity index (χ4v) is 2.63. The summed E-state index contributed by atoms with van der Waals surface area (Å²) in [7, 11) is 0. The Labute approximate surface area is 138 Å². The van der Waals surface area contributed by atoms with Crippen LogP contribution < -0.4 is 5.32 Å². The topological polar surface area (TPSA) is 24.9 Å². The van der Waals surface area contributed by atoms with Crippen molar-refractivity contribution in [2.24, 2.45) is 0 Å². The lowest BCUT2D eigenvalue weighted by Gasteiger charge is -2.21. The van der Waals surface area contributed by atoms with Crippen LogP contribution in [0.2, 0.25) is 0 Å². The average Bonchev–Trinajstić information content (AvgIpc) is 2.56. The van der Waals surface area contributed by atoms with Crippen molar-refractivity contribution >= 4 is 28.3 Å². The Morgan fingerprint density at radius 1 is 0.762 bits per heavy atom. The minimum absolute atomic E-state index is 0.120. The average molecular weight is 386 g/mol. The normalized spacial score (nSPS) is 11.9. The van der Waals surface area contributed by atoms with E-state index < -0.39 is 0 Å². The van der Waals surface area contributed by atoms with Crippen molar-refractivity contribution in [2.45, 2.75) is 6.04 Å². The molecular weight excluding hydrogens is 371 g/mol. The second-order valence-corrected chi connectivity index (χ2v) is 6.02. The predicted octanol–water partition coefficient (Wildman–Crippen LogP) is 4.89. The SMILES string of the molecule is Ic1ccc(NC(c2ccccc2)c2ccncc2)cc1. The van der Waals surface area contributed by atoms with E-state index in [0.29, 0.717) is 0 Å². The first kappa shape index (κ1) is 14.1. The zero-order chi connectivity index (χ0) is 14.5. The number of benzene rings is 2. The molecule has 21 heavy (non-hydrogen) atoms. The van der Waals surface area contributed by atoms with E-state index in [1.807, 2.05) is 18.5 Å². The molecule has 0 saturated heterocycles. The summed E-state index contributed by atoms with van der Waals surface area (Å²) in [5.74, 6) is 0. The van der Waals surface area contributed by atoms with Crippen LogP contribution in [0.4, 0.5) is 5.69 Å². The number of nitrogens with one attached hydrogen (secondary N) is 1. The van der Waals surface area contributed by atoms with Crippen LogP contribution >= 0.6 is 22.6 Å². The first-order chi connectivity index (χ1) is 10.3. The third-order valence-corrected chi connectivity index (χ3v) is 4.05. The number of pyridine rings is 1. The third-order valence-electron chi connectivity index (χ3n) is 3.33. The maximum Gasteiger partial charge on any atom is 0.0768 e. The van der Waals surface area contributed by atoms with Gasteiger partial charge in [0.15, 0.2) is 0 Å². The van der Waals surface area contributed by atoms with Crippen LogP contribution in [0.3, 0.4) is 0 Å². The number of hydrogen-bond acceptors (Lipinski definition) is 2. The number of halogens is 1. The van der Waals surface area contributed by atoms with E-state index >= 15 is 0 Å².